The van der Waals surface area contributed by atoms with Crippen LogP contribution in [-0.2, 0) is 4.79 Å². The smallest absolute Gasteiger partial charge is 0.263 e. The molecule has 0 saturated carbocycles. The number of nitrogens with zero attached hydrogens (tertiary/aromatic N) is 6. The molecule has 0 aliphatic rings. The van der Waals surface area contributed by atoms with Crippen molar-refractivity contribution in [3.05, 3.63) is 83.4 Å². The van der Waals surface area contributed by atoms with Crippen molar-refractivity contribution in [1.82, 2.24) is 29.5 Å². The van der Waals surface area contributed by atoms with Crippen molar-refractivity contribution >= 4 is 22.8 Å². The van der Waals surface area contributed by atoms with Gasteiger partial charge in [0.15, 0.2) is 18.1 Å². The Morgan fingerprint density at radius 2 is 1.83 bits per heavy atom. The first-order chi connectivity index (χ1) is 16.9. The van der Waals surface area contributed by atoms with E-state index in [-0.39, 0.29) is 12.5 Å². The molecule has 0 atom stereocenters. The minimum absolute atomic E-state index is 0.127. The standard InChI is InChI=1S/C26H25N7O2/c1-16-6-5-7-21(10-16)35-14-24(34)30-23-12-19(4)31-33(23)26-22-13-29-32(25(22)27-15-28-26)20-9-8-17(2)18(3)11-20/h5-13,15H,14H2,1-4H3,(H,30,34). The minimum atomic E-state index is -0.302. The highest BCUT2D eigenvalue weighted by Crippen LogP contribution is 2.25. The lowest BCUT2D eigenvalue weighted by Gasteiger charge is -2.10. The van der Waals surface area contributed by atoms with Crippen LogP contribution < -0.4 is 10.1 Å². The van der Waals surface area contributed by atoms with Crippen LogP contribution in [0.5, 0.6) is 5.75 Å². The number of aryl methyl sites for hydroxylation is 4. The van der Waals surface area contributed by atoms with Crippen LogP contribution in [0.1, 0.15) is 22.4 Å². The van der Waals surface area contributed by atoms with Crippen LogP contribution in [0.2, 0.25) is 0 Å². The van der Waals surface area contributed by atoms with Crippen LogP contribution in [0.3, 0.4) is 0 Å². The molecule has 1 amide bonds. The van der Waals surface area contributed by atoms with Crippen LogP contribution >= 0.6 is 0 Å². The molecule has 0 unspecified atom stereocenters. The molecule has 0 spiro atoms. The lowest BCUT2D eigenvalue weighted by Crippen LogP contribution is -2.22. The van der Waals surface area contributed by atoms with E-state index in [1.165, 1.54) is 17.5 Å². The lowest BCUT2D eigenvalue weighted by atomic mass is 10.1. The van der Waals surface area contributed by atoms with Gasteiger partial charge in [-0.05, 0) is 68.7 Å². The van der Waals surface area contributed by atoms with Crippen LogP contribution in [0.25, 0.3) is 22.5 Å². The van der Waals surface area contributed by atoms with E-state index in [9.17, 15) is 4.79 Å². The summed E-state index contributed by atoms with van der Waals surface area (Å²) >= 11 is 0. The maximum absolute atomic E-state index is 12.6. The number of ether oxygens (including phenoxy) is 1. The van der Waals surface area contributed by atoms with Crippen molar-refractivity contribution in [3.8, 4) is 17.3 Å². The second-order valence-corrected chi connectivity index (χ2v) is 8.50. The Balaban J connectivity index is 1.44. The fraction of sp³-hybridized carbons (Fsp3) is 0.192. The van der Waals surface area contributed by atoms with E-state index < -0.39 is 0 Å². The Kier molecular flexibility index (Phi) is 5.74. The van der Waals surface area contributed by atoms with Gasteiger partial charge in [0.25, 0.3) is 5.91 Å². The largest absolute Gasteiger partial charge is 0.484 e. The number of rotatable bonds is 6. The highest BCUT2D eigenvalue weighted by Gasteiger charge is 2.18. The zero-order chi connectivity index (χ0) is 24.5. The first-order valence-corrected chi connectivity index (χ1v) is 11.2. The van der Waals surface area contributed by atoms with Gasteiger partial charge in [0.2, 0.25) is 0 Å². The van der Waals surface area contributed by atoms with Gasteiger partial charge in [0.05, 0.1) is 23.0 Å². The van der Waals surface area contributed by atoms with Crippen molar-refractivity contribution in [3.63, 3.8) is 0 Å². The number of benzene rings is 2. The second kappa shape index (κ2) is 9.02. The Labute approximate surface area is 202 Å². The number of aromatic nitrogens is 6. The third kappa shape index (κ3) is 4.48. The molecule has 0 bridgehead atoms. The first-order valence-electron chi connectivity index (χ1n) is 11.2. The summed E-state index contributed by atoms with van der Waals surface area (Å²) in [6.45, 7) is 7.83. The van der Waals surface area contributed by atoms with E-state index >= 15 is 0 Å². The Morgan fingerprint density at radius 1 is 0.971 bits per heavy atom. The van der Waals surface area contributed by atoms with Gasteiger partial charge in [-0.25, -0.2) is 14.6 Å². The maximum atomic E-state index is 12.6. The summed E-state index contributed by atoms with van der Waals surface area (Å²) in [5.41, 5.74) is 5.72. The summed E-state index contributed by atoms with van der Waals surface area (Å²) in [6, 6.07) is 15.5. The van der Waals surface area contributed by atoms with Crippen LogP contribution in [0.4, 0.5) is 5.82 Å². The third-order valence-corrected chi connectivity index (χ3v) is 5.74. The number of hydrogen-bond donors (Lipinski definition) is 1. The normalized spacial score (nSPS) is 11.1. The molecular weight excluding hydrogens is 442 g/mol. The van der Waals surface area contributed by atoms with Gasteiger partial charge >= 0.3 is 0 Å². The molecule has 9 nitrogen and oxygen atoms in total. The van der Waals surface area contributed by atoms with Crippen molar-refractivity contribution in [2.75, 3.05) is 11.9 Å². The predicted octanol–water partition coefficient (Wildman–Crippen LogP) is 4.25. The zero-order valence-electron chi connectivity index (χ0n) is 20.0. The van der Waals surface area contributed by atoms with Gasteiger partial charge in [-0.1, -0.05) is 18.2 Å². The van der Waals surface area contributed by atoms with Gasteiger partial charge in [-0.15, -0.1) is 0 Å². The molecule has 2 aromatic carbocycles. The van der Waals surface area contributed by atoms with Crippen molar-refractivity contribution in [1.29, 1.82) is 0 Å². The molecule has 176 valence electrons. The minimum Gasteiger partial charge on any atom is -0.484 e. The molecule has 0 aliphatic carbocycles. The molecular formula is C26H25N7O2. The number of amides is 1. The Bertz CT molecular complexity index is 1550. The molecule has 0 radical (unpaired) electrons. The van der Waals surface area contributed by atoms with Gasteiger partial charge in [-0.2, -0.15) is 14.9 Å². The molecule has 0 fully saturated rings. The average Bonchev–Trinajstić information content (AvgIpc) is 3.43. The topological polar surface area (TPSA) is 99.8 Å². The molecule has 9 heteroatoms. The van der Waals surface area contributed by atoms with Gasteiger partial charge in [-0.3, -0.25) is 4.79 Å². The summed E-state index contributed by atoms with van der Waals surface area (Å²) in [5, 5.41) is 12.7. The molecule has 1 N–H and O–H groups in total. The van der Waals surface area contributed by atoms with Gasteiger partial charge < -0.3 is 10.1 Å². The predicted molar refractivity (Wildman–Crippen MR) is 133 cm³/mol. The summed E-state index contributed by atoms with van der Waals surface area (Å²) in [7, 11) is 0. The van der Waals surface area contributed by atoms with E-state index in [4.69, 9.17) is 4.74 Å². The van der Waals surface area contributed by atoms with Crippen molar-refractivity contribution in [2.45, 2.75) is 27.7 Å². The second-order valence-electron chi connectivity index (χ2n) is 8.50. The number of fused-ring (bicyclic) bond motifs is 1. The molecule has 35 heavy (non-hydrogen) atoms. The third-order valence-electron chi connectivity index (χ3n) is 5.74. The van der Waals surface area contributed by atoms with E-state index in [2.05, 4.69) is 51.5 Å². The Hall–Kier alpha value is -4.53. The molecule has 0 saturated heterocycles. The summed E-state index contributed by atoms with van der Waals surface area (Å²) in [5.74, 6) is 1.34. The van der Waals surface area contributed by atoms with Crippen molar-refractivity contribution in [2.24, 2.45) is 0 Å². The number of nitrogens with one attached hydrogen (secondary N) is 1. The lowest BCUT2D eigenvalue weighted by molar-refractivity contribution is -0.118. The monoisotopic (exact) mass is 467 g/mol. The van der Waals surface area contributed by atoms with Crippen LogP contribution in [0.15, 0.2) is 61.1 Å². The van der Waals surface area contributed by atoms with Crippen molar-refractivity contribution < 1.29 is 9.53 Å². The van der Waals surface area contributed by atoms with Gasteiger partial charge in [0.1, 0.15) is 17.9 Å². The average molecular weight is 468 g/mol. The molecule has 5 rings (SSSR count). The molecule has 5 aromatic rings. The molecule has 3 aromatic heterocycles. The SMILES string of the molecule is Cc1cccc(OCC(=O)Nc2cc(C)nn2-c2ncnc3c2cnn3-c2ccc(C)c(C)c2)c1. The zero-order valence-corrected chi connectivity index (χ0v) is 20.0. The summed E-state index contributed by atoms with van der Waals surface area (Å²) in [4.78, 5) is 21.6. The van der Waals surface area contributed by atoms with E-state index in [1.807, 2.05) is 44.2 Å². The van der Waals surface area contributed by atoms with E-state index in [0.29, 0.717) is 28.4 Å². The number of carbonyl (C=O) groups excluding carboxylic acids is 1. The summed E-state index contributed by atoms with van der Waals surface area (Å²) < 4.78 is 9.00. The molecule has 3 heterocycles. The van der Waals surface area contributed by atoms with Crippen LogP contribution in [0, 0.1) is 27.7 Å². The Morgan fingerprint density at radius 3 is 2.63 bits per heavy atom. The summed E-state index contributed by atoms with van der Waals surface area (Å²) in [6.07, 6.45) is 3.18. The maximum Gasteiger partial charge on any atom is 0.263 e. The first kappa shape index (κ1) is 22.3. The van der Waals surface area contributed by atoms with Crippen LogP contribution in [-0.4, -0.2) is 42.0 Å². The van der Waals surface area contributed by atoms with E-state index in [1.54, 1.807) is 21.6 Å². The highest BCUT2D eigenvalue weighted by atomic mass is 16.5. The molecule has 0 aliphatic heterocycles. The fourth-order valence-corrected chi connectivity index (χ4v) is 3.83. The number of carbonyl (C=O) groups is 1. The number of anilines is 1. The quantitative estimate of drug-likeness (QED) is 0.401. The fourth-order valence-electron chi connectivity index (χ4n) is 3.83. The number of hydrogen-bond acceptors (Lipinski definition) is 6. The van der Waals surface area contributed by atoms with Gasteiger partial charge in [0, 0.05) is 6.07 Å². The van der Waals surface area contributed by atoms with E-state index in [0.717, 1.165) is 16.9 Å². The highest BCUT2D eigenvalue weighted by molar-refractivity contribution is 5.92.